The lowest BCUT2D eigenvalue weighted by molar-refractivity contribution is -0.385. The molecule has 0 aliphatic carbocycles. The van der Waals surface area contributed by atoms with Crippen LogP contribution in [-0.2, 0) is 9.05 Å². The molecule has 0 bridgehead atoms. The van der Waals surface area contributed by atoms with Crippen LogP contribution in [0, 0.1) is 21.4 Å². The molecule has 1 rings (SSSR count). The second kappa shape index (κ2) is 5.33. The lowest BCUT2D eigenvalue weighted by Gasteiger charge is -2.09. The monoisotopic (exact) mass is 312 g/mol. The van der Waals surface area contributed by atoms with Gasteiger partial charge < -0.3 is 4.74 Å². The third kappa shape index (κ3) is 3.49. The molecule has 0 spiro atoms. The molecule has 0 aromatic heterocycles. The molecule has 19 heavy (non-hydrogen) atoms. The van der Waals surface area contributed by atoms with Crippen LogP contribution in [0.2, 0.25) is 0 Å². The van der Waals surface area contributed by atoms with Crippen molar-refractivity contribution >= 4 is 25.4 Å². The SMILES string of the molecule is N#Cc1cc([N+](=O)[O-])cc(S(=O)(=O)Cl)c1OC(F)F. The van der Waals surface area contributed by atoms with Crippen molar-refractivity contribution in [1.82, 2.24) is 0 Å². The molecule has 102 valence electrons. The number of rotatable bonds is 4. The molecular weight excluding hydrogens is 310 g/mol. The molecule has 1 aromatic carbocycles. The summed E-state index contributed by atoms with van der Waals surface area (Å²) in [4.78, 5) is 8.48. The molecule has 0 aliphatic rings. The number of non-ortho nitro benzene ring substituents is 1. The number of ether oxygens (including phenoxy) is 1. The van der Waals surface area contributed by atoms with Gasteiger partial charge in [-0.3, -0.25) is 10.1 Å². The van der Waals surface area contributed by atoms with E-state index in [0.29, 0.717) is 12.1 Å². The first-order chi connectivity index (χ1) is 8.66. The Morgan fingerprint density at radius 3 is 2.42 bits per heavy atom. The average molecular weight is 313 g/mol. The highest BCUT2D eigenvalue weighted by atomic mass is 35.7. The summed E-state index contributed by atoms with van der Waals surface area (Å²) in [5.74, 6) is -1.03. The molecule has 0 aliphatic heterocycles. The molecule has 7 nitrogen and oxygen atoms in total. The molecule has 11 heteroatoms. The highest BCUT2D eigenvalue weighted by Crippen LogP contribution is 2.35. The summed E-state index contributed by atoms with van der Waals surface area (Å²) >= 11 is 0. The molecule has 0 N–H and O–H groups in total. The second-order valence-corrected chi connectivity index (χ2v) is 5.54. The molecule has 0 amide bonds. The Morgan fingerprint density at radius 1 is 1.47 bits per heavy atom. The van der Waals surface area contributed by atoms with Crippen molar-refractivity contribution in [1.29, 1.82) is 5.26 Å². The van der Waals surface area contributed by atoms with Crippen LogP contribution >= 0.6 is 10.7 Å². The molecule has 0 saturated heterocycles. The molecule has 0 unspecified atom stereocenters. The van der Waals surface area contributed by atoms with Crippen LogP contribution in [0.3, 0.4) is 0 Å². The summed E-state index contributed by atoms with van der Waals surface area (Å²) in [7, 11) is 0.359. The minimum absolute atomic E-state index is 0.431. The first kappa shape index (κ1) is 15.1. The van der Waals surface area contributed by atoms with Crippen molar-refractivity contribution in [3.05, 3.63) is 27.8 Å². The van der Waals surface area contributed by atoms with Gasteiger partial charge in [0, 0.05) is 22.8 Å². The summed E-state index contributed by atoms with van der Waals surface area (Å²) in [6.07, 6.45) is 0. The second-order valence-electron chi connectivity index (χ2n) is 3.01. The first-order valence-corrected chi connectivity index (χ1v) is 6.59. The maximum Gasteiger partial charge on any atom is 0.387 e. The smallest absolute Gasteiger partial charge is 0.387 e. The van der Waals surface area contributed by atoms with Crippen LogP contribution in [0.25, 0.3) is 0 Å². The Labute approximate surface area is 109 Å². The van der Waals surface area contributed by atoms with Gasteiger partial charge in [-0.1, -0.05) is 0 Å². The van der Waals surface area contributed by atoms with E-state index in [4.69, 9.17) is 15.9 Å². The maximum atomic E-state index is 12.2. The largest absolute Gasteiger partial charge is 0.432 e. The van der Waals surface area contributed by atoms with Crippen molar-refractivity contribution in [3.8, 4) is 11.8 Å². The van der Waals surface area contributed by atoms with Gasteiger partial charge in [-0.25, -0.2) is 8.42 Å². The van der Waals surface area contributed by atoms with Gasteiger partial charge in [0.25, 0.3) is 14.7 Å². The van der Waals surface area contributed by atoms with Gasteiger partial charge in [0.15, 0.2) is 5.75 Å². The summed E-state index contributed by atoms with van der Waals surface area (Å²) in [6.45, 7) is -3.43. The van der Waals surface area contributed by atoms with Crippen molar-refractivity contribution in [2.24, 2.45) is 0 Å². The Morgan fingerprint density at radius 2 is 2.05 bits per heavy atom. The molecule has 0 fully saturated rings. The third-order valence-corrected chi connectivity index (χ3v) is 3.17. The first-order valence-electron chi connectivity index (χ1n) is 4.29. The molecule has 0 heterocycles. The average Bonchev–Trinajstić information content (AvgIpc) is 2.26. The molecular formula is C8H3ClF2N2O5S. The zero-order valence-electron chi connectivity index (χ0n) is 8.71. The van der Waals surface area contributed by atoms with Crippen LogP contribution in [0.1, 0.15) is 5.56 Å². The van der Waals surface area contributed by atoms with Crippen molar-refractivity contribution in [2.75, 3.05) is 0 Å². The fourth-order valence-electron chi connectivity index (χ4n) is 1.17. The Hall–Kier alpha value is -1.99. The van der Waals surface area contributed by atoms with Gasteiger partial charge in [-0.2, -0.15) is 14.0 Å². The van der Waals surface area contributed by atoms with Gasteiger partial charge in [0.2, 0.25) is 0 Å². The normalized spacial score (nSPS) is 11.1. The van der Waals surface area contributed by atoms with E-state index in [1.165, 1.54) is 6.07 Å². The zero-order valence-corrected chi connectivity index (χ0v) is 10.3. The van der Waals surface area contributed by atoms with Crippen LogP contribution < -0.4 is 4.74 Å². The molecule has 0 atom stereocenters. The minimum atomic E-state index is -4.61. The van der Waals surface area contributed by atoms with E-state index in [2.05, 4.69) is 4.74 Å². The number of nitrogens with zero attached hydrogens (tertiary/aromatic N) is 2. The Bertz CT molecular complexity index is 670. The Balaban J connectivity index is 3.69. The topological polar surface area (TPSA) is 110 Å². The van der Waals surface area contributed by atoms with Crippen molar-refractivity contribution in [2.45, 2.75) is 11.5 Å². The fourth-order valence-corrected chi connectivity index (χ4v) is 2.15. The van der Waals surface area contributed by atoms with Crippen molar-refractivity contribution in [3.63, 3.8) is 0 Å². The minimum Gasteiger partial charge on any atom is -0.432 e. The summed E-state index contributed by atoms with van der Waals surface area (Å²) in [5.41, 5.74) is -1.54. The third-order valence-electron chi connectivity index (χ3n) is 1.84. The molecule has 0 saturated carbocycles. The predicted molar refractivity (Wildman–Crippen MR) is 57.5 cm³/mol. The summed E-state index contributed by atoms with van der Waals surface area (Å²) in [6, 6.07) is 2.35. The van der Waals surface area contributed by atoms with E-state index < -0.39 is 42.5 Å². The van der Waals surface area contributed by atoms with E-state index in [-0.39, 0.29) is 0 Å². The van der Waals surface area contributed by atoms with Gasteiger partial charge in [0.05, 0.1) is 4.92 Å². The van der Waals surface area contributed by atoms with E-state index in [9.17, 15) is 27.3 Å². The van der Waals surface area contributed by atoms with Crippen LogP contribution in [0.5, 0.6) is 5.75 Å². The number of alkyl halides is 2. The number of nitriles is 1. The summed E-state index contributed by atoms with van der Waals surface area (Å²) < 4.78 is 50.6. The standard InChI is InChI=1S/C8H3ClF2N2O5S/c9-19(16,17)6-2-5(13(14)15)1-4(3-12)7(6)18-8(10)11/h1-2,8H. The zero-order chi connectivity index (χ0) is 14.8. The van der Waals surface area contributed by atoms with Crippen LogP contribution in [0.15, 0.2) is 17.0 Å². The predicted octanol–water partition coefficient (Wildman–Crippen LogP) is 2.00. The lowest BCUT2D eigenvalue weighted by Crippen LogP contribution is -2.08. The van der Waals surface area contributed by atoms with E-state index >= 15 is 0 Å². The maximum absolute atomic E-state index is 12.2. The highest BCUT2D eigenvalue weighted by molar-refractivity contribution is 8.13. The number of benzene rings is 1. The van der Waals surface area contributed by atoms with Gasteiger partial charge in [-0.05, 0) is 0 Å². The molecule has 0 radical (unpaired) electrons. The number of nitro benzene ring substituents is 1. The van der Waals surface area contributed by atoms with Gasteiger partial charge in [-0.15, -0.1) is 0 Å². The van der Waals surface area contributed by atoms with Gasteiger partial charge in [0.1, 0.15) is 16.5 Å². The van der Waals surface area contributed by atoms with Crippen LogP contribution in [-0.4, -0.2) is 20.0 Å². The lowest BCUT2D eigenvalue weighted by atomic mass is 10.2. The number of hydrogen-bond donors (Lipinski definition) is 0. The highest BCUT2D eigenvalue weighted by Gasteiger charge is 2.27. The van der Waals surface area contributed by atoms with Crippen molar-refractivity contribution < 1.29 is 26.9 Å². The number of nitro groups is 1. The summed E-state index contributed by atoms with van der Waals surface area (Å²) in [5, 5.41) is 19.2. The van der Waals surface area contributed by atoms with Gasteiger partial charge >= 0.3 is 6.61 Å². The van der Waals surface area contributed by atoms with E-state index in [1.54, 1.807) is 0 Å². The van der Waals surface area contributed by atoms with E-state index in [1.807, 2.05) is 0 Å². The van der Waals surface area contributed by atoms with Crippen LogP contribution in [0.4, 0.5) is 14.5 Å². The quantitative estimate of drug-likeness (QED) is 0.477. The Kier molecular flexibility index (Phi) is 4.23. The van der Waals surface area contributed by atoms with E-state index in [0.717, 1.165) is 0 Å². The molecule has 1 aromatic rings. The number of hydrogen-bond acceptors (Lipinski definition) is 6. The fraction of sp³-hybridized carbons (Fsp3) is 0.125. The number of halogens is 3.